The lowest BCUT2D eigenvalue weighted by Gasteiger charge is -2.31. The number of allylic oxidation sites excluding steroid dienone is 20. The number of esters is 2. The maximum Gasteiger partial charge on any atom is 0.362 e. The summed E-state index contributed by atoms with van der Waals surface area (Å²) in [6.45, 7) is 4.41. The van der Waals surface area contributed by atoms with Crippen molar-refractivity contribution in [3.05, 3.63) is 122 Å². The van der Waals surface area contributed by atoms with E-state index in [2.05, 4.69) is 98.9 Å². The Hall–Kier alpha value is -4.27. The first kappa shape index (κ1) is 54.7. The first-order valence-corrected chi connectivity index (χ1v) is 22.1. The van der Waals surface area contributed by atoms with Crippen LogP contribution in [-0.4, -0.2) is 80.6 Å². The number of likely N-dealkylation sites (N-methyl/N-ethyl adjacent to an activating group) is 1. The highest BCUT2D eigenvalue weighted by molar-refractivity contribution is 5.72. The summed E-state index contributed by atoms with van der Waals surface area (Å²) in [6.07, 6.45) is 56.7. The molecule has 0 aliphatic rings. The summed E-state index contributed by atoms with van der Waals surface area (Å²) in [4.78, 5) is 37.0. The van der Waals surface area contributed by atoms with Crippen molar-refractivity contribution in [3.8, 4) is 0 Å². The van der Waals surface area contributed by atoms with E-state index in [1.165, 1.54) is 6.42 Å². The molecule has 0 radical (unpaired) electrons. The summed E-state index contributed by atoms with van der Waals surface area (Å²) < 4.78 is 17.2. The molecule has 0 aliphatic heterocycles. The molecule has 1 N–H and O–H groups in total. The number of rotatable bonds is 37. The van der Waals surface area contributed by atoms with Crippen LogP contribution in [-0.2, 0) is 28.6 Å². The third-order valence-corrected chi connectivity index (χ3v) is 8.95. The number of carbonyl (C=O) groups excluding carboxylic acids is 2. The minimum atomic E-state index is -0.894. The van der Waals surface area contributed by atoms with E-state index < -0.39 is 18.1 Å². The molecule has 0 bridgehead atoms. The van der Waals surface area contributed by atoms with Crippen molar-refractivity contribution in [2.75, 3.05) is 41.0 Å². The molecular weight excluding hydrogens is 739 g/mol. The van der Waals surface area contributed by atoms with E-state index in [-0.39, 0.29) is 49.1 Å². The second-order valence-electron chi connectivity index (χ2n) is 15.3. The summed E-state index contributed by atoms with van der Waals surface area (Å²) in [7, 11) is 5.48. The molecule has 0 aromatic rings. The van der Waals surface area contributed by atoms with Crippen LogP contribution in [0.15, 0.2) is 122 Å². The summed E-state index contributed by atoms with van der Waals surface area (Å²) >= 11 is 0. The summed E-state index contributed by atoms with van der Waals surface area (Å²) in [6, 6.07) is -0.636. The molecule has 0 rings (SSSR count). The molecule has 0 saturated heterocycles. The van der Waals surface area contributed by atoms with Crippen molar-refractivity contribution < 1.29 is 38.2 Å². The monoisotopic (exact) mass is 819 g/mol. The van der Waals surface area contributed by atoms with Crippen LogP contribution in [0.5, 0.6) is 0 Å². The number of carboxylic acids is 1. The van der Waals surface area contributed by atoms with Gasteiger partial charge in [0, 0.05) is 19.3 Å². The van der Waals surface area contributed by atoms with Crippen molar-refractivity contribution in [1.82, 2.24) is 0 Å². The molecule has 8 heteroatoms. The third-order valence-electron chi connectivity index (χ3n) is 8.95. The zero-order chi connectivity index (χ0) is 43.5. The van der Waals surface area contributed by atoms with E-state index >= 15 is 0 Å². The number of hydrogen-bond donors (Lipinski definition) is 1. The van der Waals surface area contributed by atoms with Crippen LogP contribution in [0.1, 0.15) is 129 Å². The molecule has 2 atom stereocenters. The Morgan fingerprint density at radius 1 is 0.542 bits per heavy atom. The lowest BCUT2D eigenvalue weighted by atomic mass is 10.1. The molecule has 0 aromatic heterocycles. The number of aliphatic carboxylic acids is 1. The smallest absolute Gasteiger partial charge is 0.362 e. The Morgan fingerprint density at radius 3 is 1.59 bits per heavy atom. The maximum absolute atomic E-state index is 12.7. The average Bonchev–Trinajstić information content (AvgIpc) is 3.19. The first-order valence-electron chi connectivity index (χ1n) is 22.1. The minimum absolute atomic E-state index is 0.0231. The van der Waals surface area contributed by atoms with Gasteiger partial charge in [-0.3, -0.25) is 9.59 Å². The Labute approximate surface area is 359 Å². The molecule has 0 saturated carbocycles. The topological polar surface area (TPSA) is 99.1 Å². The van der Waals surface area contributed by atoms with E-state index in [1.54, 1.807) is 0 Å². The minimum Gasteiger partial charge on any atom is -0.477 e. The van der Waals surface area contributed by atoms with Gasteiger partial charge in [-0.05, 0) is 70.6 Å². The molecule has 330 valence electrons. The third kappa shape index (κ3) is 39.0. The Balaban J connectivity index is 4.53. The second kappa shape index (κ2) is 40.5. The number of carbonyl (C=O) groups is 3. The van der Waals surface area contributed by atoms with Crippen molar-refractivity contribution in [2.24, 2.45) is 0 Å². The standard InChI is InChI=1S/C51H79NO7/c1-6-8-10-12-14-16-18-20-22-24-26-28-30-32-34-36-38-40-42-50(54)59-47(45-57-44-43-48(51(55)56)52(3,4)5)46-58-49(53)41-39-37-35-33-31-29-27-25-23-21-19-17-15-13-11-9-7-2/h9-12,14-18,20-24,26-29,33,35,47-48H,6-8,13,19,25,30-32,34,36-46H2,1-5H3/p+1/b11-9+,12-10+,16-14+,17-15+,20-18+,23-21+,24-22+,28-26+,29-27+,35-33+. The Morgan fingerprint density at radius 2 is 1.03 bits per heavy atom. The predicted molar refractivity (Wildman–Crippen MR) is 247 cm³/mol. The normalized spacial score (nSPS) is 14.1. The van der Waals surface area contributed by atoms with Gasteiger partial charge in [0.2, 0.25) is 0 Å². The molecule has 2 unspecified atom stereocenters. The SMILES string of the molecule is CC/C=C/C/C=C/C/C=C/C/C=C/C/C=C/CCCC(=O)OCC(COCCC(C(=O)O)[N+](C)(C)C)OC(=O)CCCCCCC/C=C/C=C/C=C/C=C/C=C/CCC. The molecule has 0 fully saturated rings. The van der Waals surface area contributed by atoms with Crippen molar-refractivity contribution in [1.29, 1.82) is 0 Å². The number of ether oxygens (including phenoxy) is 3. The van der Waals surface area contributed by atoms with Crippen LogP contribution in [0.3, 0.4) is 0 Å². The highest BCUT2D eigenvalue weighted by Crippen LogP contribution is 2.12. The average molecular weight is 819 g/mol. The first-order chi connectivity index (χ1) is 28.6. The Bertz CT molecular complexity index is 1370. The molecule has 8 nitrogen and oxygen atoms in total. The molecule has 0 aromatic carbocycles. The van der Waals surface area contributed by atoms with Crippen LogP contribution in [0, 0.1) is 0 Å². The lowest BCUT2D eigenvalue weighted by molar-refractivity contribution is -0.887. The van der Waals surface area contributed by atoms with Gasteiger partial charge in [-0.25, -0.2) is 4.79 Å². The second-order valence-corrected chi connectivity index (χ2v) is 15.3. The van der Waals surface area contributed by atoms with Crippen LogP contribution < -0.4 is 0 Å². The van der Waals surface area contributed by atoms with Crippen LogP contribution >= 0.6 is 0 Å². The zero-order valence-corrected chi connectivity index (χ0v) is 37.4. The fourth-order valence-electron chi connectivity index (χ4n) is 5.57. The van der Waals surface area contributed by atoms with Crippen LogP contribution in [0.4, 0.5) is 0 Å². The summed E-state index contributed by atoms with van der Waals surface area (Å²) in [5.74, 6) is -1.60. The van der Waals surface area contributed by atoms with E-state index in [4.69, 9.17) is 14.2 Å². The van der Waals surface area contributed by atoms with E-state index in [9.17, 15) is 19.5 Å². The van der Waals surface area contributed by atoms with Gasteiger partial charge in [0.05, 0.1) is 34.4 Å². The van der Waals surface area contributed by atoms with Gasteiger partial charge in [-0.15, -0.1) is 0 Å². The van der Waals surface area contributed by atoms with E-state index in [1.807, 2.05) is 57.6 Å². The van der Waals surface area contributed by atoms with Gasteiger partial charge in [-0.2, -0.15) is 0 Å². The maximum atomic E-state index is 12.7. The van der Waals surface area contributed by atoms with Gasteiger partial charge < -0.3 is 23.8 Å². The van der Waals surface area contributed by atoms with E-state index in [0.29, 0.717) is 12.8 Å². The predicted octanol–water partition coefficient (Wildman–Crippen LogP) is 12.2. The number of quaternary nitrogens is 1. The van der Waals surface area contributed by atoms with Gasteiger partial charge in [0.25, 0.3) is 0 Å². The number of carboxylic acid groups (broad SMARTS) is 1. The van der Waals surface area contributed by atoms with Crippen LogP contribution in [0.2, 0.25) is 0 Å². The highest BCUT2D eigenvalue weighted by atomic mass is 16.6. The number of unbranched alkanes of at least 4 members (excludes halogenated alkanes) is 7. The summed E-state index contributed by atoms with van der Waals surface area (Å²) in [5.41, 5.74) is 0. The number of nitrogens with zero attached hydrogens (tertiary/aromatic N) is 1. The largest absolute Gasteiger partial charge is 0.477 e. The lowest BCUT2D eigenvalue weighted by Crippen LogP contribution is -2.50. The molecule has 59 heavy (non-hydrogen) atoms. The molecule has 0 heterocycles. The Kier molecular flexibility index (Phi) is 37.6. The fraction of sp³-hybridized carbons (Fsp3) is 0.549. The van der Waals surface area contributed by atoms with Gasteiger partial charge in [0.1, 0.15) is 6.61 Å². The molecule has 0 spiro atoms. The van der Waals surface area contributed by atoms with Crippen molar-refractivity contribution >= 4 is 17.9 Å². The van der Waals surface area contributed by atoms with Crippen LogP contribution in [0.25, 0.3) is 0 Å². The van der Waals surface area contributed by atoms with Gasteiger partial charge >= 0.3 is 17.9 Å². The molecule has 0 amide bonds. The number of hydrogen-bond acceptors (Lipinski definition) is 6. The zero-order valence-electron chi connectivity index (χ0n) is 37.4. The molecule has 0 aliphatic carbocycles. The van der Waals surface area contributed by atoms with E-state index in [0.717, 1.165) is 83.5 Å². The van der Waals surface area contributed by atoms with Crippen molar-refractivity contribution in [3.63, 3.8) is 0 Å². The highest BCUT2D eigenvalue weighted by Gasteiger charge is 2.31. The quantitative estimate of drug-likeness (QED) is 0.0219. The van der Waals surface area contributed by atoms with Crippen molar-refractivity contribution in [2.45, 2.75) is 142 Å². The van der Waals surface area contributed by atoms with Gasteiger partial charge in [0.15, 0.2) is 12.1 Å². The fourth-order valence-corrected chi connectivity index (χ4v) is 5.57. The van der Waals surface area contributed by atoms with Gasteiger partial charge in [-0.1, -0.05) is 161 Å². The summed E-state index contributed by atoms with van der Waals surface area (Å²) in [5, 5.41) is 9.62. The molecular formula is C51H80NO7+.